The molecule has 0 amide bonds. The number of nitrogens with zero attached hydrogens (tertiary/aromatic N) is 5. The monoisotopic (exact) mass is 731 g/mol. The van der Waals surface area contributed by atoms with Gasteiger partial charge in [-0.15, -0.1) is 0 Å². The molecule has 0 aliphatic carbocycles. The Bertz CT molecular complexity index is 3420. The van der Waals surface area contributed by atoms with Crippen molar-refractivity contribution in [2.45, 2.75) is 38.5 Å². The molecule has 5 heteroatoms. The zero-order valence-electron chi connectivity index (χ0n) is 32.2. The Kier molecular flexibility index (Phi) is 5.73. The second-order valence-corrected chi connectivity index (χ2v) is 17.1. The van der Waals surface area contributed by atoms with Gasteiger partial charge < -0.3 is 13.9 Å². The van der Waals surface area contributed by atoms with Gasteiger partial charge in [0.05, 0.1) is 33.3 Å². The van der Waals surface area contributed by atoms with Gasteiger partial charge >= 0.3 is 0 Å². The molecule has 0 bridgehead atoms. The Balaban J connectivity index is 1.11. The highest BCUT2D eigenvalue weighted by molar-refractivity contribution is 6.26. The lowest BCUT2D eigenvalue weighted by Crippen LogP contribution is -2.26. The van der Waals surface area contributed by atoms with Crippen LogP contribution in [0.2, 0.25) is 0 Å². The number of para-hydroxylation sites is 2. The van der Waals surface area contributed by atoms with Gasteiger partial charge in [-0.2, -0.15) is 0 Å². The highest BCUT2D eigenvalue weighted by Gasteiger charge is 2.37. The first-order valence-corrected chi connectivity index (χ1v) is 19.9. The maximum atomic E-state index is 4.87. The molecule has 6 aromatic carbocycles. The number of rotatable bonds is 4. The smallest absolute Gasteiger partial charge is 0.0622 e. The van der Waals surface area contributed by atoms with Crippen LogP contribution in [0.25, 0.3) is 76.7 Å². The molecular formula is C52H37N5. The molecule has 5 nitrogen and oxygen atoms in total. The molecule has 0 unspecified atom stereocenters. The van der Waals surface area contributed by atoms with Crippen molar-refractivity contribution in [2.75, 3.05) is 4.90 Å². The van der Waals surface area contributed by atoms with E-state index in [1.54, 1.807) is 0 Å². The van der Waals surface area contributed by atoms with Crippen LogP contribution in [0, 0.1) is 0 Å². The maximum Gasteiger partial charge on any atom is 0.0622 e. The van der Waals surface area contributed by atoms with Gasteiger partial charge in [-0.1, -0.05) is 107 Å². The standard InChI is InChI=1S/C52H37N5/c1-51(2)41-14-8-9-16-46(41)56-45-22-21-33(23-36(45)39-26-53-28-43(51)49(39)56)55(32-19-17-31(18-20-32)30-11-6-5-7-12-30)34-24-37-35-13-10-15-42-48(35)57-47(37)38(25-34)40-27-54-29-44(50(40)57)52(42,3)4/h5-29H,1-4H3. The van der Waals surface area contributed by atoms with E-state index in [9.17, 15) is 0 Å². The SMILES string of the molecule is CC1(C)c2ccccc2-n2c3ccc(N(c4ccc(-c5ccccc5)cc4)c4cc5c6cccc7c6n6c8c(cncc8c(c4)c56)C7(C)C)cc3c3cncc1c32. The minimum Gasteiger partial charge on any atom is -0.310 e. The Morgan fingerprint density at radius 1 is 0.421 bits per heavy atom. The number of benzene rings is 6. The minimum absolute atomic E-state index is 0.158. The van der Waals surface area contributed by atoms with E-state index in [1.807, 2.05) is 0 Å². The van der Waals surface area contributed by atoms with Gasteiger partial charge in [0.2, 0.25) is 0 Å². The van der Waals surface area contributed by atoms with Crippen molar-refractivity contribution in [3.8, 4) is 16.8 Å². The summed E-state index contributed by atoms with van der Waals surface area (Å²) in [7, 11) is 0. The lowest BCUT2D eigenvalue weighted by Gasteiger charge is -2.34. The van der Waals surface area contributed by atoms with E-state index in [1.165, 1.54) is 99.0 Å². The number of hydrogen-bond donors (Lipinski definition) is 0. The van der Waals surface area contributed by atoms with E-state index in [4.69, 9.17) is 9.97 Å². The number of hydrogen-bond acceptors (Lipinski definition) is 3. The molecule has 13 rings (SSSR count). The van der Waals surface area contributed by atoms with Crippen LogP contribution in [0.15, 0.2) is 152 Å². The van der Waals surface area contributed by atoms with Crippen LogP contribution in [-0.2, 0) is 10.8 Å². The molecule has 0 radical (unpaired) electrons. The summed E-state index contributed by atoms with van der Waals surface area (Å²) < 4.78 is 4.99. The molecule has 0 saturated carbocycles. The van der Waals surface area contributed by atoms with Gasteiger partial charge in [-0.25, -0.2) is 0 Å². The zero-order chi connectivity index (χ0) is 37.9. The number of aromatic nitrogens is 4. The summed E-state index contributed by atoms with van der Waals surface area (Å²) in [5.74, 6) is 0. The molecule has 0 N–H and O–H groups in total. The first-order valence-electron chi connectivity index (χ1n) is 19.9. The summed E-state index contributed by atoms with van der Waals surface area (Å²) in [5, 5.41) is 7.36. The van der Waals surface area contributed by atoms with Gasteiger partial charge in [-0.3, -0.25) is 9.97 Å². The zero-order valence-corrected chi connectivity index (χ0v) is 32.2. The van der Waals surface area contributed by atoms with Crippen molar-refractivity contribution in [1.82, 2.24) is 18.9 Å². The Morgan fingerprint density at radius 2 is 1.02 bits per heavy atom. The first kappa shape index (κ1) is 31.2. The van der Waals surface area contributed by atoms with Gasteiger partial charge in [0.25, 0.3) is 0 Å². The summed E-state index contributed by atoms with van der Waals surface area (Å²) in [6.45, 7) is 9.34. The third kappa shape index (κ3) is 3.79. The molecule has 0 atom stereocenters. The van der Waals surface area contributed by atoms with Crippen molar-refractivity contribution in [3.05, 3.63) is 174 Å². The lowest BCUT2D eigenvalue weighted by molar-refractivity contribution is 0.627. The highest BCUT2D eigenvalue weighted by atomic mass is 15.1. The first-order chi connectivity index (χ1) is 27.8. The van der Waals surface area contributed by atoms with Crippen molar-refractivity contribution < 1.29 is 0 Å². The molecule has 0 spiro atoms. The normalized spacial score (nSPS) is 14.9. The molecule has 0 saturated heterocycles. The Labute approximate surface area is 329 Å². The predicted octanol–water partition coefficient (Wildman–Crippen LogP) is 13.1. The fraction of sp³-hybridized carbons (Fsp3) is 0.115. The average molecular weight is 732 g/mol. The molecule has 5 aromatic heterocycles. The van der Waals surface area contributed by atoms with Crippen LogP contribution < -0.4 is 4.90 Å². The molecule has 11 aromatic rings. The van der Waals surface area contributed by atoms with Crippen molar-refractivity contribution in [2.24, 2.45) is 0 Å². The molecule has 0 fully saturated rings. The van der Waals surface area contributed by atoms with E-state index >= 15 is 0 Å². The minimum atomic E-state index is -0.178. The van der Waals surface area contributed by atoms with Crippen LogP contribution in [-0.4, -0.2) is 18.9 Å². The van der Waals surface area contributed by atoms with E-state index < -0.39 is 0 Å². The predicted molar refractivity (Wildman–Crippen MR) is 235 cm³/mol. The quantitative estimate of drug-likeness (QED) is 0.181. The van der Waals surface area contributed by atoms with E-state index in [-0.39, 0.29) is 10.8 Å². The van der Waals surface area contributed by atoms with Crippen LogP contribution in [0.1, 0.15) is 49.9 Å². The molecule has 7 heterocycles. The van der Waals surface area contributed by atoms with Crippen LogP contribution in [0.3, 0.4) is 0 Å². The third-order valence-corrected chi connectivity index (χ3v) is 13.5. The van der Waals surface area contributed by atoms with Crippen molar-refractivity contribution >= 4 is 77.0 Å². The number of pyridine rings is 2. The summed E-state index contributed by atoms with van der Waals surface area (Å²) in [5.41, 5.74) is 18.1. The van der Waals surface area contributed by atoms with E-state index in [0.717, 1.165) is 17.1 Å². The van der Waals surface area contributed by atoms with Gasteiger partial charge in [-0.05, 0) is 70.8 Å². The summed E-state index contributed by atoms with van der Waals surface area (Å²) >= 11 is 0. The second-order valence-electron chi connectivity index (χ2n) is 17.1. The van der Waals surface area contributed by atoms with Crippen LogP contribution in [0.5, 0.6) is 0 Å². The molecule has 270 valence electrons. The number of fused-ring (bicyclic) bond motifs is 7. The summed E-state index contributed by atoms with van der Waals surface area (Å²) in [6.07, 6.45) is 8.29. The molecule has 57 heavy (non-hydrogen) atoms. The molecule has 2 aliphatic heterocycles. The van der Waals surface area contributed by atoms with Crippen LogP contribution in [0.4, 0.5) is 17.1 Å². The Morgan fingerprint density at radius 3 is 1.81 bits per heavy atom. The van der Waals surface area contributed by atoms with E-state index in [0.29, 0.717) is 0 Å². The number of anilines is 3. The van der Waals surface area contributed by atoms with Gasteiger partial charge in [0.1, 0.15) is 0 Å². The topological polar surface area (TPSA) is 38.4 Å². The lowest BCUT2D eigenvalue weighted by atomic mass is 9.75. The maximum absolute atomic E-state index is 4.87. The molecule has 2 aliphatic rings. The van der Waals surface area contributed by atoms with E-state index in [2.05, 4.69) is 194 Å². The highest BCUT2D eigenvalue weighted by Crippen LogP contribution is 2.53. The largest absolute Gasteiger partial charge is 0.310 e. The summed E-state index contributed by atoms with van der Waals surface area (Å²) in [6, 6.07) is 47.2. The molecular weight excluding hydrogens is 695 g/mol. The Hall–Kier alpha value is -6.98. The fourth-order valence-corrected chi connectivity index (χ4v) is 10.8. The van der Waals surface area contributed by atoms with Gasteiger partial charge in [0.15, 0.2) is 0 Å². The van der Waals surface area contributed by atoms with Crippen LogP contribution >= 0.6 is 0 Å². The fourth-order valence-electron chi connectivity index (χ4n) is 10.8. The average Bonchev–Trinajstić information content (AvgIpc) is 3.88. The second kappa shape index (κ2) is 10.4. The van der Waals surface area contributed by atoms with Crippen molar-refractivity contribution in [1.29, 1.82) is 0 Å². The van der Waals surface area contributed by atoms with Crippen molar-refractivity contribution in [3.63, 3.8) is 0 Å². The summed E-state index contributed by atoms with van der Waals surface area (Å²) in [4.78, 5) is 12.2. The third-order valence-electron chi connectivity index (χ3n) is 13.5. The van der Waals surface area contributed by atoms with Gasteiger partial charge in [0, 0.05) is 96.1 Å².